The number of aliphatic hydroxyl groups is 1. The highest BCUT2D eigenvalue weighted by Crippen LogP contribution is 2.44. The molecule has 0 spiro atoms. The van der Waals surface area contributed by atoms with E-state index >= 15 is 0 Å². The highest BCUT2D eigenvalue weighted by atomic mass is 16.5. The number of phenols is 2. The van der Waals surface area contributed by atoms with Crippen molar-refractivity contribution in [1.29, 1.82) is 0 Å². The Balaban J connectivity index is 1.45. The molecule has 2 aromatic carbocycles. The lowest BCUT2D eigenvalue weighted by Crippen LogP contribution is -2.31. The van der Waals surface area contributed by atoms with Crippen LogP contribution in [0.25, 0.3) is 0 Å². The van der Waals surface area contributed by atoms with Gasteiger partial charge >= 0.3 is 0 Å². The molecule has 1 heterocycles. The molecule has 5 atom stereocenters. The minimum Gasteiger partial charge on any atom is -0.504 e. The van der Waals surface area contributed by atoms with Gasteiger partial charge in [0, 0.05) is 6.42 Å². The second-order valence-corrected chi connectivity index (χ2v) is 11.0. The van der Waals surface area contributed by atoms with Crippen LogP contribution in [0.5, 0.6) is 28.7 Å². The summed E-state index contributed by atoms with van der Waals surface area (Å²) >= 11 is 0. The van der Waals surface area contributed by atoms with Gasteiger partial charge in [-0.3, -0.25) is 0 Å². The number of aryl methyl sites for hydroxylation is 1. The van der Waals surface area contributed by atoms with Crippen molar-refractivity contribution in [2.24, 2.45) is 11.8 Å². The van der Waals surface area contributed by atoms with Crippen LogP contribution in [0.2, 0.25) is 0 Å². The molecule has 4 rings (SSSR count). The van der Waals surface area contributed by atoms with Gasteiger partial charge in [0.25, 0.3) is 0 Å². The summed E-state index contributed by atoms with van der Waals surface area (Å²) in [5.74, 6) is 2.65. The first kappa shape index (κ1) is 27.4. The zero-order valence-corrected chi connectivity index (χ0v) is 22.5. The quantitative estimate of drug-likeness (QED) is 0.362. The molecule has 7 nitrogen and oxygen atoms in total. The molecule has 1 aliphatic heterocycles. The van der Waals surface area contributed by atoms with E-state index in [9.17, 15) is 15.3 Å². The number of methoxy groups -OCH3 is 2. The van der Waals surface area contributed by atoms with Gasteiger partial charge in [-0.2, -0.15) is 0 Å². The molecule has 0 unspecified atom stereocenters. The number of ether oxygens (including phenoxy) is 4. The van der Waals surface area contributed by atoms with E-state index in [-0.39, 0.29) is 29.8 Å². The minimum atomic E-state index is -0.492. The van der Waals surface area contributed by atoms with Crippen molar-refractivity contribution < 1.29 is 34.3 Å². The normalized spacial score (nSPS) is 25.8. The van der Waals surface area contributed by atoms with E-state index in [0.717, 1.165) is 43.2 Å². The van der Waals surface area contributed by atoms with E-state index in [2.05, 4.69) is 13.8 Å². The first-order valence-electron chi connectivity index (χ1n) is 13.5. The van der Waals surface area contributed by atoms with Crippen molar-refractivity contribution in [3.63, 3.8) is 0 Å². The second-order valence-electron chi connectivity index (χ2n) is 11.0. The van der Waals surface area contributed by atoms with Gasteiger partial charge in [-0.05, 0) is 92.2 Å². The van der Waals surface area contributed by atoms with E-state index in [1.54, 1.807) is 12.1 Å². The van der Waals surface area contributed by atoms with Crippen molar-refractivity contribution in [1.82, 2.24) is 0 Å². The van der Waals surface area contributed by atoms with E-state index in [1.165, 1.54) is 20.6 Å². The third kappa shape index (κ3) is 7.02. The van der Waals surface area contributed by atoms with Crippen LogP contribution in [0, 0.1) is 11.8 Å². The topological polar surface area (TPSA) is 97.6 Å². The number of benzene rings is 2. The fourth-order valence-corrected chi connectivity index (χ4v) is 5.83. The molecule has 0 aromatic heterocycles. The molecule has 2 aromatic rings. The molecule has 0 amide bonds. The van der Waals surface area contributed by atoms with Gasteiger partial charge in [-0.1, -0.05) is 19.9 Å². The standard InChI is InChI=1S/C30H42O7/c1-18(2)11-20-6-9-23(12-20)37-29-15-21(14-28(35-4)30(29)33)26-17-22(31)16-24(36-26)8-5-19-7-10-25(32)27(13-19)34-3/h7,10,13-15,18,20,22-24,26,31-33H,5-6,8-9,11-12,16-17H2,1-4H3/t20-,22-,23-,24-,26+/m0/s1. The molecule has 37 heavy (non-hydrogen) atoms. The fraction of sp³-hybridized carbons (Fsp3) is 0.600. The summed E-state index contributed by atoms with van der Waals surface area (Å²) < 4.78 is 23.4. The van der Waals surface area contributed by atoms with Crippen molar-refractivity contribution in [3.05, 3.63) is 41.5 Å². The van der Waals surface area contributed by atoms with Crippen molar-refractivity contribution >= 4 is 0 Å². The zero-order valence-electron chi connectivity index (χ0n) is 22.5. The predicted molar refractivity (Wildman–Crippen MR) is 142 cm³/mol. The molecule has 0 bridgehead atoms. The highest BCUT2D eigenvalue weighted by Gasteiger charge is 2.32. The van der Waals surface area contributed by atoms with Crippen molar-refractivity contribution in [3.8, 4) is 28.7 Å². The van der Waals surface area contributed by atoms with Crippen LogP contribution in [0.15, 0.2) is 30.3 Å². The Morgan fingerprint density at radius 3 is 2.43 bits per heavy atom. The Labute approximate surface area is 220 Å². The number of aliphatic hydroxyl groups excluding tert-OH is 1. The SMILES string of the molecule is COc1cc(CC[C@H]2C[C@H](O)C[C@H](c3cc(OC)c(O)c(O[C@H]4CC[C@@H](CC(C)C)C4)c3)O2)ccc1O. The molecule has 204 valence electrons. The van der Waals surface area contributed by atoms with E-state index < -0.39 is 6.10 Å². The molecule has 2 fully saturated rings. The van der Waals surface area contributed by atoms with Crippen LogP contribution in [0.3, 0.4) is 0 Å². The molecule has 1 aliphatic carbocycles. The monoisotopic (exact) mass is 514 g/mol. The Bertz CT molecular complexity index is 1040. The molecule has 1 saturated carbocycles. The second kappa shape index (κ2) is 12.3. The minimum absolute atomic E-state index is 0.00717. The van der Waals surface area contributed by atoms with Gasteiger partial charge in [-0.15, -0.1) is 0 Å². The summed E-state index contributed by atoms with van der Waals surface area (Å²) in [5, 5.41) is 31.3. The lowest BCUT2D eigenvalue weighted by Gasteiger charge is -2.34. The lowest BCUT2D eigenvalue weighted by molar-refractivity contribution is -0.0999. The highest BCUT2D eigenvalue weighted by molar-refractivity contribution is 5.53. The third-order valence-electron chi connectivity index (χ3n) is 7.62. The zero-order chi connectivity index (χ0) is 26.5. The lowest BCUT2D eigenvalue weighted by atomic mass is 9.93. The molecule has 0 radical (unpaired) electrons. The van der Waals surface area contributed by atoms with E-state index in [1.807, 2.05) is 18.2 Å². The van der Waals surface area contributed by atoms with Crippen LogP contribution in [-0.2, 0) is 11.2 Å². The van der Waals surface area contributed by atoms with Crippen LogP contribution in [0.1, 0.15) is 76.0 Å². The number of rotatable bonds is 10. The molecule has 7 heteroatoms. The average molecular weight is 515 g/mol. The Morgan fingerprint density at radius 1 is 0.946 bits per heavy atom. The summed E-state index contributed by atoms with van der Waals surface area (Å²) in [6.07, 6.45) is 5.90. The molecule has 2 aliphatic rings. The Morgan fingerprint density at radius 2 is 1.70 bits per heavy atom. The number of aromatic hydroxyl groups is 2. The average Bonchev–Trinajstić information content (AvgIpc) is 3.30. The third-order valence-corrected chi connectivity index (χ3v) is 7.62. The summed E-state index contributed by atoms with van der Waals surface area (Å²) in [5.41, 5.74) is 1.86. The van der Waals surface area contributed by atoms with Crippen LogP contribution >= 0.6 is 0 Å². The first-order valence-corrected chi connectivity index (χ1v) is 13.5. The van der Waals surface area contributed by atoms with Gasteiger partial charge in [0.1, 0.15) is 0 Å². The fourth-order valence-electron chi connectivity index (χ4n) is 5.83. The number of hydrogen-bond donors (Lipinski definition) is 3. The maximum atomic E-state index is 10.8. The first-order chi connectivity index (χ1) is 17.7. The summed E-state index contributed by atoms with van der Waals surface area (Å²) in [4.78, 5) is 0. The number of hydrogen-bond acceptors (Lipinski definition) is 7. The van der Waals surface area contributed by atoms with Gasteiger partial charge < -0.3 is 34.3 Å². The molecular weight excluding hydrogens is 472 g/mol. The van der Waals surface area contributed by atoms with Crippen LogP contribution < -0.4 is 14.2 Å². The van der Waals surface area contributed by atoms with Gasteiger partial charge in [0.05, 0.1) is 38.6 Å². The van der Waals surface area contributed by atoms with Gasteiger partial charge in [0.2, 0.25) is 5.75 Å². The van der Waals surface area contributed by atoms with E-state index in [4.69, 9.17) is 18.9 Å². The predicted octanol–water partition coefficient (Wildman–Crippen LogP) is 5.92. The van der Waals surface area contributed by atoms with E-state index in [0.29, 0.717) is 41.9 Å². The summed E-state index contributed by atoms with van der Waals surface area (Å²) in [6, 6.07) is 8.96. The van der Waals surface area contributed by atoms with Crippen LogP contribution in [0.4, 0.5) is 0 Å². The van der Waals surface area contributed by atoms with Crippen molar-refractivity contribution in [2.75, 3.05) is 14.2 Å². The van der Waals surface area contributed by atoms with Crippen LogP contribution in [-0.4, -0.2) is 47.9 Å². The summed E-state index contributed by atoms with van der Waals surface area (Å²) in [6.45, 7) is 4.50. The number of phenolic OH excluding ortho intramolecular Hbond substituents is 2. The Kier molecular flexibility index (Phi) is 9.08. The van der Waals surface area contributed by atoms with Gasteiger partial charge in [0.15, 0.2) is 23.0 Å². The maximum Gasteiger partial charge on any atom is 0.200 e. The molecule has 3 N–H and O–H groups in total. The van der Waals surface area contributed by atoms with Gasteiger partial charge in [-0.25, -0.2) is 0 Å². The largest absolute Gasteiger partial charge is 0.504 e. The molecule has 1 saturated heterocycles. The Hall–Kier alpha value is -2.64. The maximum absolute atomic E-state index is 10.8. The van der Waals surface area contributed by atoms with Crippen molar-refractivity contribution in [2.45, 2.75) is 89.6 Å². The summed E-state index contributed by atoms with van der Waals surface area (Å²) in [7, 11) is 3.06. The smallest absolute Gasteiger partial charge is 0.200 e. The molecular formula is C30H42O7.